The number of hydrogen-bond donors (Lipinski definition) is 3. The van der Waals surface area contributed by atoms with Crippen molar-refractivity contribution in [1.29, 1.82) is 5.26 Å². The van der Waals surface area contributed by atoms with E-state index in [0.29, 0.717) is 25.0 Å². The van der Waals surface area contributed by atoms with Gasteiger partial charge in [-0.15, -0.1) is 11.8 Å². The van der Waals surface area contributed by atoms with Crippen molar-refractivity contribution in [1.82, 2.24) is 0 Å². The van der Waals surface area contributed by atoms with E-state index in [1.165, 1.54) is 11.8 Å². The molecule has 0 bridgehead atoms. The van der Waals surface area contributed by atoms with E-state index in [2.05, 4.69) is 18.0 Å². The molecular formula is C22H34N2O4S. The van der Waals surface area contributed by atoms with Crippen LogP contribution in [0.1, 0.15) is 65.7 Å². The summed E-state index contributed by atoms with van der Waals surface area (Å²) in [6.07, 6.45) is 7.10. The van der Waals surface area contributed by atoms with Crippen LogP contribution in [0.4, 0.5) is 0 Å². The van der Waals surface area contributed by atoms with E-state index < -0.39 is 23.7 Å². The molecule has 29 heavy (non-hydrogen) atoms. The second kappa shape index (κ2) is 10.1. The molecule has 6 nitrogen and oxygen atoms in total. The first-order valence-electron chi connectivity index (χ1n) is 10.5. The van der Waals surface area contributed by atoms with Crippen molar-refractivity contribution >= 4 is 22.8 Å². The quantitative estimate of drug-likeness (QED) is 0.365. The summed E-state index contributed by atoms with van der Waals surface area (Å²) in [7, 11) is 0. The number of carboxylic acid groups (broad SMARTS) is 1. The minimum atomic E-state index is -0.910. The average Bonchev–Trinajstić information content (AvgIpc) is 3.13. The molecular weight excluding hydrogens is 388 g/mol. The van der Waals surface area contributed by atoms with Gasteiger partial charge in [-0.2, -0.15) is 5.26 Å². The number of aliphatic carboxylic acids is 1. The van der Waals surface area contributed by atoms with Crippen LogP contribution < -0.4 is 0 Å². The van der Waals surface area contributed by atoms with E-state index in [-0.39, 0.29) is 23.7 Å². The molecule has 2 rings (SSSR count). The normalized spacial score (nSPS) is 30.2. The minimum Gasteiger partial charge on any atom is -0.481 e. The fraction of sp³-hybridized carbons (Fsp3) is 0.773. The lowest BCUT2D eigenvalue weighted by Crippen LogP contribution is -2.29. The number of rotatable bonds is 10. The Hall–Kier alpha value is -1.36. The lowest BCUT2D eigenvalue weighted by Gasteiger charge is -2.29. The molecule has 5 atom stereocenters. The topological polar surface area (TPSA) is 114 Å². The van der Waals surface area contributed by atoms with Gasteiger partial charge < -0.3 is 15.3 Å². The Bertz CT molecular complexity index is 685. The van der Waals surface area contributed by atoms with Crippen molar-refractivity contribution in [3.8, 4) is 6.07 Å². The Morgan fingerprint density at radius 3 is 2.83 bits per heavy atom. The van der Waals surface area contributed by atoms with Gasteiger partial charge in [-0.1, -0.05) is 45.8 Å². The Morgan fingerprint density at radius 2 is 2.21 bits per heavy atom. The largest absolute Gasteiger partial charge is 0.481 e. The van der Waals surface area contributed by atoms with Crippen LogP contribution in [0, 0.1) is 28.6 Å². The number of hydrogen-bond acceptors (Lipinski definition) is 6. The SMILES string of the molecule is CCCCC(C)(C)C(O)C=CC1C(O)CC2(C#N)N=C(SCCCC(=O)O)CC12. The molecule has 1 heterocycles. The fourth-order valence-corrected chi connectivity index (χ4v) is 5.33. The maximum atomic E-state index is 10.6. The first-order chi connectivity index (χ1) is 13.6. The number of aliphatic imine (C=N–C) groups is 1. The van der Waals surface area contributed by atoms with Gasteiger partial charge in [0.05, 0.1) is 23.3 Å². The summed E-state index contributed by atoms with van der Waals surface area (Å²) in [6, 6.07) is 2.33. The predicted octanol–water partition coefficient (Wildman–Crippen LogP) is 3.78. The highest BCUT2D eigenvalue weighted by molar-refractivity contribution is 8.13. The molecule has 0 radical (unpaired) electrons. The summed E-state index contributed by atoms with van der Waals surface area (Å²) in [5.74, 6) is -0.468. The van der Waals surface area contributed by atoms with Crippen molar-refractivity contribution in [3.05, 3.63) is 12.2 Å². The van der Waals surface area contributed by atoms with Crippen molar-refractivity contribution in [2.24, 2.45) is 22.2 Å². The van der Waals surface area contributed by atoms with E-state index in [1.807, 2.05) is 19.9 Å². The second-order valence-corrected chi connectivity index (χ2v) is 10.1. The molecule has 1 aliphatic heterocycles. The Morgan fingerprint density at radius 1 is 1.48 bits per heavy atom. The molecule has 0 amide bonds. The fourth-order valence-electron chi connectivity index (χ4n) is 4.28. The Balaban J connectivity index is 2.03. The number of aliphatic hydroxyl groups is 2. The van der Waals surface area contributed by atoms with E-state index in [0.717, 1.165) is 24.3 Å². The maximum Gasteiger partial charge on any atom is 0.303 e. The molecule has 1 fully saturated rings. The van der Waals surface area contributed by atoms with E-state index in [1.54, 1.807) is 6.08 Å². The molecule has 0 aromatic heterocycles. The van der Waals surface area contributed by atoms with Gasteiger partial charge in [0, 0.05) is 31.1 Å². The number of nitrogens with zero attached hydrogens (tertiary/aromatic N) is 2. The highest BCUT2D eigenvalue weighted by Gasteiger charge is 2.56. The van der Waals surface area contributed by atoms with E-state index >= 15 is 0 Å². The van der Waals surface area contributed by atoms with Gasteiger partial charge in [0.1, 0.15) is 0 Å². The van der Waals surface area contributed by atoms with Gasteiger partial charge in [0.15, 0.2) is 5.54 Å². The third-order valence-electron chi connectivity index (χ3n) is 6.25. The Labute approximate surface area is 178 Å². The third kappa shape index (κ3) is 5.84. The van der Waals surface area contributed by atoms with Gasteiger partial charge in [0.25, 0.3) is 0 Å². The number of nitriles is 1. The zero-order chi connectivity index (χ0) is 21.7. The predicted molar refractivity (Wildman–Crippen MR) is 116 cm³/mol. The molecule has 0 spiro atoms. The summed E-state index contributed by atoms with van der Waals surface area (Å²) in [5.41, 5.74) is -1.15. The summed E-state index contributed by atoms with van der Waals surface area (Å²) < 4.78 is 0. The van der Waals surface area contributed by atoms with Gasteiger partial charge in [-0.25, -0.2) is 0 Å². The minimum absolute atomic E-state index is 0.105. The summed E-state index contributed by atoms with van der Waals surface area (Å²) in [4.78, 5) is 15.3. The van der Waals surface area contributed by atoms with Crippen molar-refractivity contribution in [3.63, 3.8) is 0 Å². The molecule has 7 heteroatoms. The van der Waals surface area contributed by atoms with Crippen LogP contribution in [0.25, 0.3) is 0 Å². The number of aliphatic hydroxyl groups excluding tert-OH is 2. The van der Waals surface area contributed by atoms with Crippen LogP contribution in [0.2, 0.25) is 0 Å². The van der Waals surface area contributed by atoms with E-state index in [4.69, 9.17) is 5.11 Å². The summed E-state index contributed by atoms with van der Waals surface area (Å²) in [5, 5.41) is 40.6. The summed E-state index contributed by atoms with van der Waals surface area (Å²) >= 11 is 1.52. The van der Waals surface area contributed by atoms with Gasteiger partial charge in [0.2, 0.25) is 0 Å². The smallest absolute Gasteiger partial charge is 0.303 e. The molecule has 2 aliphatic rings. The Kier molecular flexibility index (Phi) is 8.33. The standard InChI is InChI=1S/C22H34N2O4S/c1-4-5-10-21(2,3)18(26)9-8-15-16-12-19(29-11-6-7-20(27)28)24-22(16,14-23)13-17(15)25/h8-9,15-18,25-26H,4-7,10-13H2,1-3H3,(H,27,28). The second-order valence-electron chi connectivity index (χ2n) is 8.97. The van der Waals surface area contributed by atoms with Crippen LogP contribution in [0.5, 0.6) is 0 Å². The molecule has 0 aromatic rings. The molecule has 0 aromatic carbocycles. The number of fused-ring (bicyclic) bond motifs is 1. The average molecular weight is 423 g/mol. The zero-order valence-corrected chi connectivity index (χ0v) is 18.5. The molecule has 1 aliphatic carbocycles. The van der Waals surface area contributed by atoms with Gasteiger partial charge in [-0.05, 0) is 24.0 Å². The molecule has 162 valence electrons. The van der Waals surface area contributed by atoms with Crippen molar-refractivity contribution in [2.45, 2.75) is 83.5 Å². The van der Waals surface area contributed by atoms with Gasteiger partial charge in [-0.3, -0.25) is 9.79 Å². The molecule has 1 saturated carbocycles. The molecule has 5 unspecified atom stereocenters. The lowest BCUT2D eigenvalue weighted by molar-refractivity contribution is -0.137. The van der Waals surface area contributed by atoms with Crippen molar-refractivity contribution < 1.29 is 20.1 Å². The number of carbonyl (C=O) groups is 1. The van der Waals surface area contributed by atoms with Crippen molar-refractivity contribution in [2.75, 3.05) is 5.75 Å². The first kappa shape index (κ1) is 23.9. The molecule has 0 saturated heterocycles. The highest BCUT2D eigenvalue weighted by Crippen LogP contribution is 2.50. The van der Waals surface area contributed by atoms with Crippen LogP contribution in [0.3, 0.4) is 0 Å². The summed E-state index contributed by atoms with van der Waals surface area (Å²) in [6.45, 7) is 6.23. The van der Waals surface area contributed by atoms with Crippen LogP contribution in [0.15, 0.2) is 17.1 Å². The monoisotopic (exact) mass is 422 g/mol. The number of thioether (sulfide) groups is 1. The van der Waals surface area contributed by atoms with Crippen LogP contribution in [-0.2, 0) is 4.79 Å². The third-order valence-corrected chi connectivity index (χ3v) is 7.33. The van der Waals surface area contributed by atoms with Crippen LogP contribution in [-0.4, -0.2) is 49.8 Å². The zero-order valence-electron chi connectivity index (χ0n) is 17.7. The van der Waals surface area contributed by atoms with E-state index in [9.17, 15) is 20.3 Å². The van der Waals surface area contributed by atoms with Gasteiger partial charge >= 0.3 is 5.97 Å². The lowest BCUT2D eigenvalue weighted by atomic mass is 9.80. The number of unbranched alkanes of at least 4 members (excludes halogenated alkanes) is 1. The van der Waals surface area contributed by atoms with Crippen LogP contribution >= 0.6 is 11.8 Å². The first-order valence-corrected chi connectivity index (χ1v) is 11.5. The highest BCUT2D eigenvalue weighted by atomic mass is 32.2. The maximum absolute atomic E-state index is 10.6. The molecule has 3 N–H and O–H groups in total. The number of carboxylic acids is 1.